The van der Waals surface area contributed by atoms with E-state index in [4.69, 9.17) is 14.2 Å². The molecular weight excluding hydrogens is 380 g/mol. The molecule has 0 bridgehead atoms. The summed E-state index contributed by atoms with van der Waals surface area (Å²) in [5.41, 5.74) is 0. The molecule has 29 heavy (non-hydrogen) atoms. The van der Waals surface area contributed by atoms with Gasteiger partial charge in [-0.25, -0.2) is 0 Å². The maximum atomic E-state index is 11.5. The van der Waals surface area contributed by atoms with Crippen molar-refractivity contribution in [1.29, 1.82) is 0 Å². The Kier molecular flexibility index (Phi) is 20.7. The van der Waals surface area contributed by atoms with E-state index in [0.717, 1.165) is 6.42 Å². The zero-order valence-electron chi connectivity index (χ0n) is 18.6. The Morgan fingerprint density at radius 2 is 0.897 bits per heavy atom. The van der Waals surface area contributed by atoms with E-state index in [9.17, 15) is 19.2 Å². The zero-order valence-corrected chi connectivity index (χ0v) is 18.6. The van der Waals surface area contributed by atoms with Crippen molar-refractivity contribution in [2.75, 3.05) is 19.8 Å². The van der Waals surface area contributed by atoms with Gasteiger partial charge in [-0.05, 0) is 32.6 Å². The van der Waals surface area contributed by atoms with Gasteiger partial charge in [-0.2, -0.15) is 0 Å². The molecule has 0 heterocycles. The highest BCUT2D eigenvalue weighted by molar-refractivity contribution is 5.71. The van der Waals surface area contributed by atoms with Gasteiger partial charge < -0.3 is 18.9 Å². The second kappa shape index (κ2) is 20.6. The Bertz CT molecular complexity index is 432. The third-order valence-electron chi connectivity index (χ3n) is 3.28. The van der Waals surface area contributed by atoms with Crippen LogP contribution in [-0.2, 0) is 38.1 Å². The van der Waals surface area contributed by atoms with Crippen molar-refractivity contribution in [2.24, 2.45) is 0 Å². The fraction of sp³-hybridized carbons (Fsp3) is 0.810. The third kappa shape index (κ3) is 20.4. The molecule has 0 saturated heterocycles. The van der Waals surface area contributed by atoms with Crippen LogP contribution in [0.3, 0.4) is 0 Å². The minimum Gasteiger partial charge on any atom is -0.466 e. The van der Waals surface area contributed by atoms with Crippen molar-refractivity contribution in [3.63, 3.8) is 0 Å². The first kappa shape index (κ1) is 29.1. The Hall–Kier alpha value is -2.12. The molecule has 170 valence electrons. The fourth-order valence-corrected chi connectivity index (χ4v) is 1.93. The van der Waals surface area contributed by atoms with Gasteiger partial charge in [0.25, 0.3) is 0 Å². The minimum atomic E-state index is -0.745. The van der Waals surface area contributed by atoms with Gasteiger partial charge in [0.2, 0.25) is 0 Å². The fourth-order valence-electron chi connectivity index (χ4n) is 1.93. The van der Waals surface area contributed by atoms with Crippen LogP contribution in [0, 0.1) is 0 Å². The topological polar surface area (TPSA) is 105 Å². The third-order valence-corrected chi connectivity index (χ3v) is 3.28. The number of esters is 4. The molecule has 0 aromatic heterocycles. The smallest absolute Gasteiger partial charge is 0.306 e. The second-order valence-corrected chi connectivity index (χ2v) is 6.28. The summed E-state index contributed by atoms with van der Waals surface area (Å²) in [6.07, 6.45) is 3.61. The number of carbonyl (C=O) groups excluding carboxylic acids is 4. The normalized spacial score (nSPS) is 9.86. The molecule has 0 aliphatic rings. The first-order chi connectivity index (χ1) is 13.8. The molecule has 8 heteroatoms. The van der Waals surface area contributed by atoms with Gasteiger partial charge in [0.1, 0.15) is 13.2 Å². The Balaban J connectivity index is 0. The van der Waals surface area contributed by atoms with Gasteiger partial charge in [-0.1, -0.05) is 27.7 Å². The SMILES string of the molecule is CCCC(=O)OCC.CCCC(=O)OCC(COC(=O)CCC)OC(=O)CCC. The molecule has 0 fully saturated rings. The first-order valence-electron chi connectivity index (χ1n) is 10.5. The zero-order chi connectivity index (χ0) is 22.5. The second-order valence-electron chi connectivity index (χ2n) is 6.28. The number of hydrogen-bond acceptors (Lipinski definition) is 8. The Morgan fingerprint density at radius 3 is 1.24 bits per heavy atom. The molecule has 0 rings (SSSR count). The van der Waals surface area contributed by atoms with Gasteiger partial charge in [0.15, 0.2) is 6.10 Å². The lowest BCUT2D eigenvalue weighted by Gasteiger charge is -2.18. The van der Waals surface area contributed by atoms with E-state index >= 15 is 0 Å². The molecule has 0 aromatic rings. The van der Waals surface area contributed by atoms with Crippen LogP contribution < -0.4 is 0 Å². The molecule has 0 unspecified atom stereocenters. The quantitative estimate of drug-likeness (QED) is 0.310. The average Bonchev–Trinajstić information content (AvgIpc) is 2.65. The summed E-state index contributed by atoms with van der Waals surface area (Å²) in [5, 5.41) is 0. The number of rotatable bonds is 14. The predicted octanol–water partition coefficient (Wildman–Crippen LogP) is 3.73. The molecule has 0 aliphatic carbocycles. The van der Waals surface area contributed by atoms with E-state index in [1.54, 1.807) is 0 Å². The van der Waals surface area contributed by atoms with E-state index in [0.29, 0.717) is 45.1 Å². The summed E-state index contributed by atoms with van der Waals surface area (Å²) in [4.78, 5) is 44.6. The Morgan fingerprint density at radius 1 is 0.552 bits per heavy atom. The highest BCUT2D eigenvalue weighted by atomic mass is 16.6. The lowest BCUT2D eigenvalue weighted by molar-refractivity contribution is -0.166. The summed E-state index contributed by atoms with van der Waals surface area (Å²) in [6.45, 7) is 9.68. The number of carbonyl (C=O) groups is 4. The van der Waals surface area contributed by atoms with Crippen LogP contribution in [0.5, 0.6) is 0 Å². The average molecular weight is 419 g/mol. The maximum absolute atomic E-state index is 11.5. The van der Waals surface area contributed by atoms with Crippen molar-refractivity contribution < 1.29 is 38.1 Å². The van der Waals surface area contributed by atoms with Crippen molar-refractivity contribution in [1.82, 2.24) is 0 Å². The minimum absolute atomic E-state index is 0.0880. The van der Waals surface area contributed by atoms with Gasteiger partial charge in [-0.15, -0.1) is 0 Å². The molecule has 0 aromatic carbocycles. The lowest BCUT2D eigenvalue weighted by Crippen LogP contribution is -2.30. The number of hydrogen-bond donors (Lipinski definition) is 0. The molecule has 0 atom stereocenters. The highest BCUT2D eigenvalue weighted by Crippen LogP contribution is 2.03. The van der Waals surface area contributed by atoms with Crippen LogP contribution in [0.1, 0.15) is 86.0 Å². The van der Waals surface area contributed by atoms with Crippen molar-refractivity contribution in [3.05, 3.63) is 0 Å². The standard InChI is InChI=1S/C15H26O6.C6H12O2/c1-4-7-13(16)19-10-12(21-15(18)9-6-3)11-20-14(17)8-5-2;1-3-5-6(7)8-4-2/h12H,4-11H2,1-3H3;3-5H2,1-2H3. The molecule has 0 aliphatic heterocycles. The van der Waals surface area contributed by atoms with Crippen molar-refractivity contribution >= 4 is 23.9 Å². The van der Waals surface area contributed by atoms with Crippen LogP contribution >= 0.6 is 0 Å². The summed E-state index contributed by atoms with van der Waals surface area (Å²) < 4.78 is 19.8. The highest BCUT2D eigenvalue weighted by Gasteiger charge is 2.18. The monoisotopic (exact) mass is 418 g/mol. The molecule has 0 saturated carbocycles. The lowest BCUT2D eigenvalue weighted by atomic mass is 10.3. The maximum Gasteiger partial charge on any atom is 0.306 e. The van der Waals surface area contributed by atoms with E-state index < -0.39 is 6.10 Å². The van der Waals surface area contributed by atoms with Crippen LogP contribution in [0.2, 0.25) is 0 Å². The summed E-state index contributed by atoms with van der Waals surface area (Å²) >= 11 is 0. The largest absolute Gasteiger partial charge is 0.466 e. The van der Waals surface area contributed by atoms with Crippen LogP contribution in [-0.4, -0.2) is 49.8 Å². The van der Waals surface area contributed by atoms with Crippen LogP contribution in [0.25, 0.3) is 0 Å². The van der Waals surface area contributed by atoms with E-state index in [-0.39, 0.29) is 43.5 Å². The molecule has 8 nitrogen and oxygen atoms in total. The molecule has 0 radical (unpaired) electrons. The summed E-state index contributed by atoms with van der Waals surface area (Å²) in [6, 6.07) is 0. The Labute approximate surface area is 174 Å². The molecule has 0 amide bonds. The number of ether oxygens (including phenoxy) is 4. The van der Waals surface area contributed by atoms with E-state index in [1.165, 1.54) is 0 Å². The summed E-state index contributed by atoms with van der Waals surface area (Å²) in [7, 11) is 0. The van der Waals surface area contributed by atoms with Gasteiger partial charge in [-0.3, -0.25) is 19.2 Å². The van der Waals surface area contributed by atoms with Gasteiger partial charge in [0.05, 0.1) is 6.61 Å². The predicted molar refractivity (Wildman–Crippen MR) is 108 cm³/mol. The first-order valence-corrected chi connectivity index (χ1v) is 10.5. The van der Waals surface area contributed by atoms with Crippen molar-refractivity contribution in [2.45, 2.75) is 92.1 Å². The van der Waals surface area contributed by atoms with Gasteiger partial charge in [0, 0.05) is 25.7 Å². The van der Waals surface area contributed by atoms with E-state index in [1.807, 2.05) is 34.6 Å². The summed E-state index contributed by atoms with van der Waals surface area (Å²) in [5.74, 6) is -1.18. The molecular formula is C21H38O8. The molecule has 0 spiro atoms. The van der Waals surface area contributed by atoms with Crippen LogP contribution in [0.4, 0.5) is 0 Å². The van der Waals surface area contributed by atoms with E-state index in [2.05, 4.69) is 4.74 Å². The van der Waals surface area contributed by atoms with Crippen LogP contribution in [0.15, 0.2) is 0 Å². The van der Waals surface area contributed by atoms with Gasteiger partial charge >= 0.3 is 23.9 Å². The molecule has 0 N–H and O–H groups in total. The van der Waals surface area contributed by atoms with Crippen molar-refractivity contribution in [3.8, 4) is 0 Å².